The van der Waals surface area contributed by atoms with Crippen LogP contribution in [0.2, 0.25) is 0 Å². The fourth-order valence-electron chi connectivity index (χ4n) is 5.71. The number of hydrogen-bond acceptors (Lipinski definition) is 6. The second kappa shape index (κ2) is 8.78. The quantitative estimate of drug-likeness (QED) is 0.653. The van der Waals surface area contributed by atoms with Crippen LogP contribution in [-0.2, 0) is 20.9 Å². The lowest BCUT2D eigenvalue weighted by atomic mass is 9.73. The molecule has 0 aliphatic carbocycles. The fourth-order valence-corrected chi connectivity index (χ4v) is 5.71. The Labute approximate surface area is 192 Å². The van der Waals surface area contributed by atoms with Gasteiger partial charge in [-0.2, -0.15) is 0 Å². The number of rotatable bonds is 4. The molecule has 1 aromatic rings. The molecule has 3 saturated heterocycles. The van der Waals surface area contributed by atoms with Gasteiger partial charge in [-0.1, -0.05) is 6.07 Å². The van der Waals surface area contributed by atoms with Crippen LogP contribution >= 0.6 is 0 Å². The Bertz CT molecular complexity index is 982. The molecular formula is C24H30N4O5. The summed E-state index contributed by atoms with van der Waals surface area (Å²) in [5.74, 6) is -0.539. The van der Waals surface area contributed by atoms with Crippen molar-refractivity contribution < 1.29 is 23.9 Å². The van der Waals surface area contributed by atoms with Gasteiger partial charge in [-0.3, -0.25) is 24.5 Å². The standard InChI is InChI=1S/C24H30N4O5/c29-20-6-5-18(22(31)26-20)28-13-17-16(23(28)32)3-1-4-19(17)33-14-21(30)27-12-2-7-24(15-27)8-10-25-11-9-24/h1,3-4,18,25H,2,5-15H2,(H,26,29,31). The monoisotopic (exact) mass is 454 g/mol. The van der Waals surface area contributed by atoms with Crippen LogP contribution in [0.15, 0.2) is 18.2 Å². The van der Waals surface area contributed by atoms with Gasteiger partial charge < -0.3 is 19.9 Å². The van der Waals surface area contributed by atoms with Crippen molar-refractivity contribution in [3.05, 3.63) is 29.3 Å². The number of imide groups is 1. The molecule has 4 aliphatic heterocycles. The second-order valence-electron chi connectivity index (χ2n) is 9.64. The number of benzene rings is 1. The van der Waals surface area contributed by atoms with E-state index in [1.807, 2.05) is 4.90 Å². The third-order valence-corrected chi connectivity index (χ3v) is 7.57. The molecule has 0 radical (unpaired) electrons. The molecular weight excluding hydrogens is 424 g/mol. The van der Waals surface area contributed by atoms with Crippen LogP contribution in [0.3, 0.4) is 0 Å². The SMILES string of the molecule is O=C1CCC(N2Cc3c(OCC(=O)N4CCCC5(CCNCC5)C4)cccc3C2=O)C(=O)N1. The molecule has 4 heterocycles. The van der Waals surface area contributed by atoms with Gasteiger partial charge in [-0.05, 0) is 62.7 Å². The minimum absolute atomic E-state index is 0.0310. The van der Waals surface area contributed by atoms with Crippen LogP contribution in [0, 0.1) is 5.41 Å². The highest BCUT2D eigenvalue weighted by molar-refractivity contribution is 6.05. The Morgan fingerprint density at radius 2 is 1.97 bits per heavy atom. The van der Waals surface area contributed by atoms with Crippen LogP contribution in [-0.4, -0.2) is 72.3 Å². The maximum Gasteiger partial charge on any atom is 0.260 e. The number of ether oxygens (including phenoxy) is 1. The minimum atomic E-state index is -0.674. The summed E-state index contributed by atoms with van der Waals surface area (Å²) >= 11 is 0. The molecule has 1 atom stereocenters. The predicted molar refractivity (Wildman–Crippen MR) is 118 cm³/mol. The van der Waals surface area contributed by atoms with Gasteiger partial charge >= 0.3 is 0 Å². The summed E-state index contributed by atoms with van der Waals surface area (Å²) in [5.41, 5.74) is 1.40. The predicted octanol–water partition coefficient (Wildman–Crippen LogP) is 0.819. The van der Waals surface area contributed by atoms with Gasteiger partial charge in [0, 0.05) is 30.6 Å². The van der Waals surface area contributed by atoms with Gasteiger partial charge in [0.2, 0.25) is 11.8 Å². The highest BCUT2D eigenvalue weighted by atomic mass is 16.5. The second-order valence-corrected chi connectivity index (χ2v) is 9.64. The number of amides is 4. The van der Waals surface area contributed by atoms with Crippen molar-refractivity contribution in [1.82, 2.24) is 20.4 Å². The van der Waals surface area contributed by atoms with Crippen molar-refractivity contribution in [2.24, 2.45) is 5.41 Å². The average Bonchev–Trinajstić information content (AvgIpc) is 3.15. The van der Waals surface area contributed by atoms with E-state index in [0.717, 1.165) is 45.4 Å². The first-order valence-electron chi connectivity index (χ1n) is 11.8. The molecule has 9 nitrogen and oxygen atoms in total. The van der Waals surface area contributed by atoms with Crippen molar-refractivity contribution in [1.29, 1.82) is 0 Å². The first-order chi connectivity index (χ1) is 16.0. The number of piperidine rings is 3. The van der Waals surface area contributed by atoms with Crippen LogP contribution in [0.1, 0.15) is 54.4 Å². The molecule has 1 spiro atoms. The number of carbonyl (C=O) groups is 4. The van der Waals surface area contributed by atoms with E-state index in [4.69, 9.17) is 4.74 Å². The summed E-state index contributed by atoms with van der Waals surface area (Å²) in [6.45, 7) is 3.71. The molecule has 4 aliphatic rings. The molecule has 9 heteroatoms. The molecule has 0 aromatic heterocycles. The first-order valence-corrected chi connectivity index (χ1v) is 11.8. The van der Waals surface area contributed by atoms with E-state index in [9.17, 15) is 19.2 Å². The highest BCUT2D eigenvalue weighted by Crippen LogP contribution is 2.38. The van der Waals surface area contributed by atoms with E-state index < -0.39 is 11.9 Å². The van der Waals surface area contributed by atoms with E-state index in [0.29, 0.717) is 23.3 Å². The smallest absolute Gasteiger partial charge is 0.260 e. The number of likely N-dealkylation sites (tertiary alicyclic amines) is 1. The van der Waals surface area contributed by atoms with E-state index in [2.05, 4.69) is 10.6 Å². The molecule has 3 fully saturated rings. The molecule has 1 unspecified atom stereocenters. The van der Waals surface area contributed by atoms with Crippen molar-refractivity contribution >= 4 is 23.6 Å². The normalized spacial score (nSPS) is 24.6. The topological polar surface area (TPSA) is 108 Å². The number of nitrogens with zero attached hydrogens (tertiary/aromatic N) is 2. The van der Waals surface area contributed by atoms with Crippen LogP contribution in [0.25, 0.3) is 0 Å². The Morgan fingerprint density at radius 1 is 1.15 bits per heavy atom. The van der Waals surface area contributed by atoms with Gasteiger partial charge in [0.1, 0.15) is 11.8 Å². The largest absolute Gasteiger partial charge is 0.483 e. The lowest BCUT2D eigenvalue weighted by Gasteiger charge is -2.45. The zero-order chi connectivity index (χ0) is 23.0. The van der Waals surface area contributed by atoms with Gasteiger partial charge in [-0.15, -0.1) is 0 Å². The molecule has 33 heavy (non-hydrogen) atoms. The number of hydrogen-bond donors (Lipinski definition) is 2. The minimum Gasteiger partial charge on any atom is -0.483 e. The van der Waals surface area contributed by atoms with Crippen LogP contribution in [0.4, 0.5) is 0 Å². The summed E-state index contributed by atoms with van der Waals surface area (Å²) in [6.07, 6.45) is 4.91. The molecule has 1 aromatic carbocycles. The summed E-state index contributed by atoms with van der Waals surface area (Å²) in [5, 5.41) is 5.72. The molecule has 0 saturated carbocycles. The molecule has 0 bridgehead atoms. The maximum atomic E-state index is 13.0. The van der Waals surface area contributed by atoms with Crippen molar-refractivity contribution in [3.8, 4) is 5.75 Å². The number of nitrogens with one attached hydrogen (secondary N) is 2. The third kappa shape index (κ3) is 4.21. The zero-order valence-corrected chi connectivity index (χ0v) is 18.7. The van der Waals surface area contributed by atoms with Crippen LogP contribution < -0.4 is 15.4 Å². The summed E-state index contributed by atoms with van der Waals surface area (Å²) in [7, 11) is 0. The lowest BCUT2D eigenvalue weighted by Crippen LogP contribution is -2.52. The Balaban J connectivity index is 1.24. The number of carbonyl (C=O) groups excluding carboxylic acids is 4. The summed E-state index contributed by atoms with van der Waals surface area (Å²) < 4.78 is 5.93. The van der Waals surface area contributed by atoms with E-state index in [1.54, 1.807) is 18.2 Å². The van der Waals surface area contributed by atoms with Crippen LogP contribution in [0.5, 0.6) is 5.75 Å². The van der Waals surface area contributed by atoms with Crippen molar-refractivity contribution in [3.63, 3.8) is 0 Å². The third-order valence-electron chi connectivity index (χ3n) is 7.57. The zero-order valence-electron chi connectivity index (χ0n) is 18.7. The Kier molecular flexibility index (Phi) is 5.82. The van der Waals surface area contributed by atoms with E-state index >= 15 is 0 Å². The summed E-state index contributed by atoms with van der Waals surface area (Å²) in [6, 6.07) is 4.53. The molecule has 2 N–H and O–H groups in total. The Hall–Kier alpha value is -2.94. The maximum absolute atomic E-state index is 13.0. The van der Waals surface area contributed by atoms with Gasteiger partial charge in [0.05, 0.1) is 6.54 Å². The van der Waals surface area contributed by atoms with Crippen molar-refractivity contribution in [2.45, 2.75) is 51.1 Å². The number of fused-ring (bicyclic) bond motifs is 1. The Morgan fingerprint density at radius 3 is 2.76 bits per heavy atom. The van der Waals surface area contributed by atoms with E-state index in [-0.39, 0.29) is 42.7 Å². The molecule has 176 valence electrons. The van der Waals surface area contributed by atoms with Gasteiger partial charge in [0.15, 0.2) is 6.61 Å². The van der Waals surface area contributed by atoms with Crippen molar-refractivity contribution in [2.75, 3.05) is 32.8 Å². The highest BCUT2D eigenvalue weighted by Gasteiger charge is 2.41. The molecule has 4 amide bonds. The van der Waals surface area contributed by atoms with Gasteiger partial charge in [0.25, 0.3) is 11.8 Å². The van der Waals surface area contributed by atoms with Gasteiger partial charge in [-0.25, -0.2) is 0 Å². The molecule has 5 rings (SSSR count). The lowest BCUT2D eigenvalue weighted by molar-refractivity contribution is -0.138. The summed E-state index contributed by atoms with van der Waals surface area (Å²) in [4.78, 5) is 53.1. The fraction of sp³-hybridized carbons (Fsp3) is 0.583. The average molecular weight is 455 g/mol. The first kappa shape index (κ1) is 21.9. The van der Waals surface area contributed by atoms with E-state index in [1.165, 1.54) is 11.3 Å².